The van der Waals surface area contributed by atoms with Crippen LogP contribution in [0.5, 0.6) is 0 Å². The molecule has 1 aliphatic rings. The SMILES string of the molecule is O=CNC(C(=O)O)C1(C(=O)O)CCCN1. The zero-order valence-corrected chi connectivity index (χ0v) is 7.90. The van der Waals surface area contributed by atoms with Gasteiger partial charge in [0.1, 0.15) is 5.54 Å². The van der Waals surface area contributed by atoms with Crippen LogP contribution in [0.25, 0.3) is 0 Å². The molecule has 1 saturated heterocycles. The number of carboxylic acids is 2. The van der Waals surface area contributed by atoms with Crippen LogP contribution in [0.15, 0.2) is 0 Å². The number of hydrogen-bond donors (Lipinski definition) is 4. The predicted octanol–water partition coefficient (Wildman–Crippen LogP) is -1.61. The van der Waals surface area contributed by atoms with Gasteiger partial charge in [-0.2, -0.15) is 0 Å². The van der Waals surface area contributed by atoms with E-state index in [-0.39, 0.29) is 12.8 Å². The average molecular weight is 216 g/mol. The van der Waals surface area contributed by atoms with Crippen LogP contribution in [0, 0.1) is 0 Å². The molecule has 0 radical (unpaired) electrons. The first-order valence-corrected chi connectivity index (χ1v) is 4.45. The number of aliphatic carboxylic acids is 2. The Morgan fingerprint density at radius 2 is 2.13 bits per heavy atom. The van der Waals surface area contributed by atoms with E-state index < -0.39 is 23.5 Å². The molecule has 84 valence electrons. The summed E-state index contributed by atoms with van der Waals surface area (Å²) in [6.45, 7) is 0.427. The van der Waals surface area contributed by atoms with E-state index in [4.69, 9.17) is 10.2 Å². The largest absolute Gasteiger partial charge is 0.480 e. The second kappa shape index (κ2) is 4.26. The maximum absolute atomic E-state index is 11.1. The Bertz CT molecular complexity index is 285. The van der Waals surface area contributed by atoms with Crippen LogP contribution >= 0.6 is 0 Å². The summed E-state index contributed by atoms with van der Waals surface area (Å²) in [6, 6.07) is -1.45. The Labute approximate surface area is 85.5 Å². The minimum Gasteiger partial charge on any atom is -0.480 e. The van der Waals surface area contributed by atoms with Crippen molar-refractivity contribution in [1.82, 2.24) is 10.6 Å². The van der Waals surface area contributed by atoms with Crippen molar-refractivity contribution in [2.45, 2.75) is 24.4 Å². The van der Waals surface area contributed by atoms with Crippen LogP contribution < -0.4 is 10.6 Å². The van der Waals surface area contributed by atoms with Gasteiger partial charge in [-0.1, -0.05) is 0 Å². The third kappa shape index (κ3) is 1.91. The predicted molar refractivity (Wildman–Crippen MR) is 48.2 cm³/mol. The monoisotopic (exact) mass is 216 g/mol. The van der Waals surface area contributed by atoms with E-state index in [0.29, 0.717) is 13.0 Å². The van der Waals surface area contributed by atoms with Crippen molar-refractivity contribution in [3.05, 3.63) is 0 Å². The zero-order chi connectivity index (χ0) is 11.5. The van der Waals surface area contributed by atoms with Gasteiger partial charge >= 0.3 is 11.9 Å². The number of carboxylic acid groups (broad SMARTS) is 2. The second-order valence-corrected chi connectivity index (χ2v) is 3.36. The Kier molecular flexibility index (Phi) is 3.25. The van der Waals surface area contributed by atoms with E-state index in [0.717, 1.165) is 0 Å². The molecule has 1 aliphatic heterocycles. The molecule has 0 bridgehead atoms. The third-order valence-corrected chi connectivity index (χ3v) is 2.54. The molecule has 1 fully saturated rings. The Morgan fingerprint density at radius 3 is 2.47 bits per heavy atom. The van der Waals surface area contributed by atoms with Gasteiger partial charge in [-0.25, -0.2) is 4.79 Å². The van der Waals surface area contributed by atoms with Crippen molar-refractivity contribution < 1.29 is 24.6 Å². The third-order valence-electron chi connectivity index (χ3n) is 2.54. The summed E-state index contributed by atoms with van der Waals surface area (Å²) in [5, 5.41) is 22.5. The highest BCUT2D eigenvalue weighted by Crippen LogP contribution is 2.23. The van der Waals surface area contributed by atoms with Gasteiger partial charge in [-0.15, -0.1) is 0 Å². The smallest absolute Gasteiger partial charge is 0.328 e. The van der Waals surface area contributed by atoms with Gasteiger partial charge in [0.15, 0.2) is 6.04 Å². The second-order valence-electron chi connectivity index (χ2n) is 3.36. The molecule has 1 amide bonds. The molecule has 0 aromatic rings. The quantitative estimate of drug-likeness (QED) is 0.411. The van der Waals surface area contributed by atoms with Gasteiger partial charge in [-0.3, -0.25) is 14.9 Å². The van der Waals surface area contributed by atoms with E-state index in [1.807, 2.05) is 5.32 Å². The number of carbonyl (C=O) groups is 3. The Balaban J connectivity index is 2.99. The minimum absolute atomic E-state index is 0.181. The molecule has 7 heteroatoms. The number of nitrogens with one attached hydrogen (secondary N) is 2. The Hall–Kier alpha value is -1.63. The molecule has 7 nitrogen and oxygen atoms in total. The first-order chi connectivity index (χ1) is 7.04. The fourth-order valence-electron chi connectivity index (χ4n) is 1.81. The summed E-state index contributed by atoms with van der Waals surface area (Å²) < 4.78 is 0. The van der Waals surface area contributed by atoms with Crippen LogP contribution in [0.1, 0.15) is 12.8 Å². The lowest BCUT2D eigenvalue weighted by Gasteiger charge is -2.30. The van der Waals surface area contributed by atoms with Gasteiger partial charge < -0.3 is 15.5 Å². The van der Waals surface area contributed by atoms with Gasteiger partial charge in [0, 0.05) is 0 Å². The molecule has 0 spiro atoms. The molecule has 4 N–H and O–H groups in total. The fraction of sp³-hybridized carbons (Fsp3) is 0.625. The van der Waals surface area contributed by atoms with E-state index in [1.165, 1.54) is 0 Å². The molecular formula is C8H12N2O5. The molecule has 2 unspecified atom stereocenters. The minimum atomic E-state index is -1.59. The maximum atomic E-state index is 11.1. The lowest BCUT2D eigenvalue weighted by molar-refractivity contribution is -0.154. The zero-order valence-electron chi connectivity index (χ0n) is 7.90. The first kappa shape index (κ1) is 11.4. The van der Waals surface area contributed by atoms with Gasteiger partial charge in [-0.05, 0) is 19.4 Å². The van der Waals surface area contributed by atoms with Crippen molar-refractivity contribution in [3.8, 4) is 0 Å². The van der Waals surface area contributed by atoms with E-state index in [9.17, 15) is 14.4 Å². The van der Waals surface area contributed by atoms with Crippen molar-refractivity contribution in [2.75, 3.05) is 6.54 Å². The molecule has 1 heterocycles. The van der Waals surface area contributed by atoms with Crippen molar-refractivity contribution in [2.24, 2.45) is 0 Å². The molecule has 0 saturated carbocycles. The summed E-state index contributed by atoms with van der Waals surface area (Å²) in [7, 11) is 0. The van der Waals surface area contributed by atoms with Gasteiger partial charge in [0.2, 0.25) is 6.41 Å². The molecule has 2 atom stereocenters. The highest BCUT2D eigenvalue weighted by molar-refractivity contribution is 5.90. The maximum Gasteiger partial charge on any atom is 0.328 e. The van der Waals surface area contributed by atoms with Crippen molar-refractivity contribution >= 4 is 18.3 Å². The molecule has 15 heavy (non-hydrogen) atoms. The summed E-state index contributed by atoms with van der Waals surface area (Å²) in [5.74, 6) is -2.62. The van der Waals surface area contributed by atoms with Gasteiger partial charge in [0.25, 0.3) is 0 Å². The van der Waals surface area contributed by atoms with Crippen molar-refractivity contribution in [3.63, 3.8) is 0 Å². The number of rotatable bonds is 5. The molecule has 0 aliphatic carbocycles. The molecule has 1 rings (SSSR count). The lowest BCUT2D eigenvalue weighted by Crippen LogP contribution is -2.64. The van der Waals surface area contributed by atoms with E-state index in [2.05, 4.69) is 5.32 Å². The van der Waals surface area contributed by atoms with E-state index >= 15 is 0 Å². The summed E-state index contributed by atoms with van der Waals surface area (Å²) in [4.78, 5) is 32.2. The number of carbonyl (C=O) groups excluding carboxylic acids is 1. The van der Waals surface area contributed by atoms with Gasteiger partial charge in [0.05, 0.1) is 0 Å². The highest BCUT2D eigenvalue weighted by atomic mass is 16.4. The standard InChI is InChI=1S/C8H12N2O5/c11-4-9-5(6(12)13)8(7(14)15)2-1-3-10-8/h4-5,10H,1-3H2,(H,9,11)(H,12,13)(H,14,15). The van der Waals surface area contributed by atoms with Crippen LogP contribution in [-0.2, 0) is 14.4 Å². The highest BCUT2D eigenvalue weighted by Gasteiger charge is 2.51. The topological polar surface area (TPSA) is 116 Å². The van der Waals surface area contributed by atoms with Crippen molar-refractivity contribution in [1.29, 1.82) is 0 Å². The van der Waals surface area contributed by atoms with Crippen LogP contribution in [-0.4, -0.2) is 46.7 Å². The van der Waals surface area contributed by atoms with Crippen LogP contribution in [0.2, 0.25) is 0 Å². The summed E-state index contributed by atoms with van der Waals surface area (Å²) >= 11 is 0. The number of hydrogen-bond acceptors (Lipinski definition) is 4. The molecule has 0 aromatic carbocycles. The lowest BCUT2D eigenvalue weighted by atomic mass is 9.88. The summed E-state index contributed by atoms with van der Waals surface area (Å²) in [6.07, 6.45) is 0.945. The van der Waals surface area contributed by atoms with Crippen LogP contribution in [0.3, 0.4) is 0 Å². The average Bonchev–Trinajstić information content (AvgIpc) is 2.63. The first-order valence-electron chi connectivity index (χ1n) is 4.45. The normalized spacial score (nSPS) is 26.9. The van der Waals surface area contributed by atoms with E-state index in [1.54, 1.807) is 0 Å². The number of amides is 1. The Morgan fingerprint density at radius 1 is 1.47 bits per heavy atom. The van der Waals surface area contributed by atoms with Crippen LogP contribution in [0.4, 0.5) is 0 Å². The molecular weight excluding hydrogens is 204 g/mol. The summed E-state index contributed by atoms with van der Waals surface area (Å²) in [5.41, 5.74) is -1.59. The fourth-order valence-corrected chi connectivity index (χ4v) is 1.81. The molecule has 0 aromatic heterocycles.